The summed E-state index contributed by atoms with van der Waals surface area (Å²) in [7, 11) is 1.58. The molecule has 5 heteroatoms. The van der Waals surface area contributed by atoms with Gasteiger partial charge in [0.25, 0.3) is 5.91 Å². The summed E-state index contributed by atoms with van der Waals surface area (Å²) in [5.41, 5.74) is 1.85. The molecule has 2 N–H and O–H groups in total. The van der Waals surface area contributed by atoms with Crippen molar-refractivity contribution in [2.24, 2.45) is 0 Å². The van der Waals surface area contributed by atoms with Crippen molar-refractivity contribution in [3.05, 3.63) is 35.4 Å². The molecule has 0 saturated carbocycles. The predicted octanol–water partition coefficient (Wildman–Crippen LogP) is 1.87. The monoisotopic (exact) mass is 306 g/mol. The molecule has 0 aliphatic carbocycles. The molecule has 122 valence electrons. The van der Waals surface area contributed by atoms with Crippen LogP contribution in [0.2, 0.25) is 0 Å². The number of rotatable bonds is 7. The number of benzene rings is 1. The minimum atomic E-state index is -0.162. The predicted molar refractivity (Wildman–Crippen MR) is 87.0 cm³/mol. The number of ether oxygens (including phenoxy) is 1. The Bertz CT molecular complexity index is 490. The van der Waals surface area contributed by atoms with Crippen LogP contribution in [0.15, 0.2) is 24.3 Å². The Morgan fingerprint density at radius 3 is 2.23 bits per heavy atom. The van der Waals surface area contributed by atoms with Gasteiger partial charge in [-0.15, -0.1) is 0 Å². The molecule has 0 fully saturated rings. The summed E-state index contributed by atoms with van der Waals surface area (Å²) < 4.78 is 4.84. The first-order valence-corrected chi connectivity index (χ1v) is 7.49. The van der Waals surface area contributed by atoms with Gasteiger partial charge in [0, 0.05) is 32.2 Å². The Labute approximate surface area is 132 Å². The van der Waals surface area contributed by atoms with Gasteiger partial charge in [-0.3, -0.25) is 9.59 Å². The van der Waals surface area contributed by atoms with E-state index < -0.39 is 0 Å². The molecule has 0 radical (unpaired) electrons. The van der Waals surface area contributed by atoms with Crippen LogP contribution in [0.4, 0.5) is 0 Å². The highest BCUT2D eigenvalue weighted by Gasteiger charge is 2.14. The lowest BCUT2D eigenvalue weighted by atomic mass is 9.87. The van der Waals surface area contributed by atoms with E-state index in [2.05, 4.69) is 31.4 Å². The smallest absolute Gasteiger partial charge is 0.251 e. The van der Waals surface area contributed by atoms with Crippen LogP contribution in [0, 0.1) is 0 Å². The van der Waals surface area contributed by atoms with Gasteiger partial charge in [-0.1, -0.05) is 32.9 Å². The Kier molecular flexibility index (Phi) is 7.05. The van der Waals surface area contributed by atoms with Crippen LogP contribution in [-0.4, -0.2) is 38.6 Å². The molecule has 2 amide bonds. The van der Waals surface area contributed by atoms with Crippen LogP contribution >= 0.6 is 0 Å². The molecule has 5 nitrogen and oxygen atoms in total. The highest BCUT2D eigenvalue weighted by Crippen LogP contribution is 2.22. The second-order valence-corrected chi connectivity index (χ2v) is 6.18. The SMILES string of the molecule is COCCNC(=O)CCNC(=O)c1ccc(C(C)(C)C)cc1. The minimum Gasteiger partial charge on any atom is -0.383 e. The van der Waals surface area contributed by atoms with Crippen LogP contribution in [0.25, 0.3) is 0 Å². The number of amides is 2. The molecular formula is C17H26N2O3. The van der Waals surface area contributed by atoms with Crippen LogP contribution < -0.4 is 10.6 Å². The largest absolute Gasteiger partial charge is 0.383 e. The lowest BCUT2D eigenvalue weighted by Gasteiger charge is -2.19. The number of hydrogen-bond donors (Lipinski definition) is 2. The van der Waals surface area contributed by atoms with Gasteiger partial charge in [-0.2, -0.15) is 0 Å². The van der Waals surface area contributed by atoms with Crippen molar-refractivity contribution in [2.75, 3.05) is 26.8 Å². The highest BCUT2D eigenvalue weighted by molar-refractivity contribution is 5.94. The van der Waals surface area contributed by atoms with Crippen LogP contribution in [0.1, 0.15) is 43.1 Å². The van der Waals surface area contributed by atoms with Crippen molar-refractivity contribution >= 4 is 11.8 Å². The molecule has 0 aromatic heterocycles. The van der Waals surface area contributed by atoms with Crippen LogP contribution in [0.3, 0.4) is 0 Å². The third kappa shape index (κ3) is 6.26. The van der Waals surface area contributed by atoms with Crippen molar-refractivity contribution in [2.45, 2.75) is 32.6 Å². The van der Waals surface area contributed by atoms with Gasteiger partial charge in [0.1, 0.15) is 0 Å². The van der Waals surface area contributed by atoms with E-state index in [4.69, 9.17) is 4.74 Å². The molecule has 0 unspecified atom stereocenters. The Hall–Kier alpha value is -1.88. The van der Waals surface area contributed by atoms with Gasteiger partial charge < -0.3 is 15.4 Å². The van der Waals surface area contributed by atoms with E-state index >= 15 is 0 Å². The quantitative estimate of drug-likeness (QED) is 0.756. The van der Waals surface area contributed by atoms with Gasteiger partial charge in [-0.05, 0) is 23.1 Å². The molecule has 1 rings (SSSR count). The normalized spacial score (nSPS) is 11.1. The summed E-state index contributed by atoms with van der Waals surface area (Å²) in [6.45, 7) is 7.67. The van der Waals surface area contributed by atoms with E-state index in [1.807, 2.05) is 24.3 Å². The topological polar surface area (TPSA) is 67.4 Å². The first kappa shape index (κ1) is 18.2. The molecule has 22 heavy (non-hydrogen) atoms. The Morgan fingerprint density at radius 1 is 1.05 bits per heavy atom. The fourth-order valence-corrected chi connectivity index (χ4v) is 1.89. The van der Waals surface area contributed by atoms with Crippen LogP contribution in [-0.2, 0) is 14.9 Å². The van der Waals surface area contributed by atoms with E-state index in [0.717, 1.165) is 0 Å². The third-order valence-electron chi connectivity index (χ3n) is 3.28. The second kappa shape index (κ2) is 8.54. The third-order valence-corrected chi connectivity index (χ3v) is 3.28. The summed E-state index contributed by atoms with van der Waals surface area (Å²) in [6.07, 6.45) is 0.259. The van der Waals surface area contributed by atoms with Crippen molar-refractivity contribution in [3.63, 3.8) is 0 Å². The highest BCUT2D eigenvalue weighted by atomic mass is 16.5. The van der Waals surface area contributed by atoms with E-state index in [9.17, 15) is 9.59 Å². The number of methoxy groups -OCH3 is 1. The maximum Gasteiger partial charge on any atom is 0.251 e. The molecule has 0 spiro atoms. The molecule has 0 bridgehead atoms. The Balaban J connectivity index is 2.38. The molecule has 0 aliphatic rings. The first-order valence-electron chi connectivity index (χ1n) is 7.49. The Morgan fingerprint density at radius 2 is 1.68 bits per heavy atom. The molecule has 0 heterocycles. The first-order chi connectivity index (χ1) is 10.3. The molecular weight excluding hydrogens is 280 g/mol. The lowest BCUT2D eigenvalue weighted by Crippen LogP contribution is -2.32. The zero-order valence-electron chi connectivity index (χ0n) is 13.9. The van der Waals surface area contributed by atoms with E-state index in [1.165, 1.54) is 5.56 Å². The molecule has 0 atom stereocenters. The van der Waals surface area contributed by atoms with Gasteiger partial charge in [0.05, 0.1) is 6.61 Å². The van der Waals surface area contributed by atoms with E-state index in [-0.39, 0.29) is 23.7 Å². The fourth-order valence-electron chi connectivity index (χ4n) is 1.89. The maximum atomic E-state index is 12.0. The lowest BCUT2D eigenvalue weighted by molar-refractivity contribution is -0.121. The maximum absolute atomic E-state index is 12.0. The number of hydrogen-bond acceptors (Lipinski definition) is 3. The fraction of sp³-hybridized carbons (Fsp3) is 0.529. The molecule has 0 aliphatic heterocycles. The zero-order valence-corrected chi connectivity index (χ0v) is 13.9. The summed E-state index contributed by atoms with van der Waals surface area (Å²) in [4.78, 5) is 23.5. The van der Waals surface area contributed by atoms with Crippen LogP contribution in [0.5, 0.6) is 0 Å². The van der Waals surface area contributed by atoms with E-state index in [1.54, 1.807) is 7.11 Å². The van der Waals surface area contributed by atoms with Gasteiger partial charge >= 0.3 is 0 Å². The summed E-state index contributed by atoms with van der Waals surface area (Å²) in [6, 6.07) is 7.56. The van der Waals surface area contributed by atoms with Gasteiger partial charge in [0.15, 0.2) is 0 Å². The number of carbonyl (C=O) groups excluding carboxylic acids is 2. The summed E-state index contributed by atoms with van der Waals surface area (Å²) >= 11 is 0. The average Bonchev–Trinajstić information content (AvgIpc) is 2.46. The van der Waals surface area contributed by atoms with Crippen molar-refractivity contribution in [1.29, 1.82) is 0 Å². The standard InChI is InChI=1S/C17H26N2O3/c1-17(2,3)14-7-5-13(6-8-14)16(21)19-10-9-15(20)18-11-12-22-4/h5-8H,9-12H2,1-4H3,(H,18,20)(H,19,21). The number of nitrogens with one attached hydrogen (secondary N) is 2. The molecule has 1 aromatic carbocycles. The molecule has 1 aromatic rings. The second-order valence-electron chi connectivity index (χ2n) is 6.18. The molecule has 0 saturated heterocycles. The van der Waals surface area contributed by atoms with Gasteiger partial charge in [0.2, 0.25) is 5.91 Å². The minimum absolute atomic E-state index is 0.0648. The number of carbonyl (C=O) groups is 2. The van der Waals surface area contributed by atoms with Crippen molar-refractivity contribution in [3.8, 4) is 0 Å². The van der Waals surface area contributed by atoms with Crippen molar-refractivity contribution < 1.29 is 14.3 Å². The van der Waals surface area contributed by atoms with Gasteiger partial charge in [-0.25, -0.2) is 0 Å². The van der Waals surface area contributed by atoms with E-state index in [0.29, 0.717) is 25.3 Å². The summed E-state index contributed by atoms with van der Waals surface area (Å²) in [5.74, 6) is -0.259. The zero-order chi connectivity index (χ0) is 16.6. The average molecular weight is 306 g/mol. The summed E-state index contributed by atoms with van der Waals surface area (Å²) in [5, 5.41) is 5.45. The van der Waals surface area contributed by atoms with Crippen molar-refractivity contribution in [1.82, 2.24) is 10.6 Å².